The van der Waals surface area contributed by atoms with Gasteiger partial charge in [-0.15, -0.1) is 0 Å². The number of nitrogens with two attached hydrogens (primary N) is 2. The Labute approximate surface area is 303 Å². The largest absolute Gasteiger partial charge is 0.496 e. The smallest absolute Gasteiger partial charge is 0.232 e. The Bertz CT molecular complexity index is 2220. The van der Waals surface area contributed by atoms with Gasteiger partial charge < -0.3 is 36.3 Å². The van der Waals surface area contributed by atoms with Gasteiger partial charge in [-0.25, -0.2) is 0 Å². The predicted molar refractivity (Wildman–Crippen MR) is 204 cm³/mol. The molecule has 6 N–H and O–H groups in total. The van der Waals surface area contributed by atoms with E-state index in [0.717, 1.165) is 49.2 Å². The molecule has 51 heavy (non-hydrogen) atoms. The summed E-state index contributed by atoms with van der Waals surface area (Å²) in [4.78, 5) is 28.7. The molecule has 13 nitrogen and oxygen atoms in total. The van der Waals surface area contributed by atoms with Crippen LogP contribution in [0.15, 0.2) is 82.6 Å². The molecule has 0 amide bonds. The molecule has 0 bridgehead atoms. The molecule has 4 aromatic carbocycles. The highest BCUT2D eigenvalue weighted by Gasteiger charge is 2.16. The van der Waals surface area contributed by atoms with Gasteiger partial charge in [0.2, 0.25) is 23.8 Å². The van der Waals surface area contributed by atoms with E-state index in [1.54, 1.807) is 42.9 Å². The van der Waals surface area contributed by atoms with Crippen LogP contribution in [0.1, 0.15) is 16.7 Å². The molecule has 0 aliphatic rings. The van der Waals surface area contributed by atoms with Crippen molar-refractivity contribution in [2.75, 3.05) is 43.4 Å². The van der Waals surface area contributed by atoms with Gasteiger partial charge in [0.05, 0.1) is 32.7 Å². The monoisotopic (exact) mass is 720 g/mol. The van der Waals surface area contributed by atoms with E-state index in [1.165, 1.54) is 0 Å². The molecule has 15 heteroatoms. The van der Waals surface area contributed by atoms with Gasteiger partial charge in [0.25, 0.3) is 0 Å². The predicted octanol–water partition coefficient (Wildman–Crippen LogP) is 7.79. The zero-order valence-corrected chi connectivity index (χ0v) is 30.4. The summed E-state index contributed by atoms with van der Waals surface area (Å²) in [7, 11) is 7.95. The SMILES string of the molecule is COc1cc(-c2nc(N)nc(Nc3ccccc3SSc3ccccc3Nc3nc(N)nc(-c4cc(C)c(OC)c(OC)c4)n3)n2)cc(C)c1C. The van der Waals surface area contributed by atoms with Crippen molar-refractivity contribution in [3.05, 3.63) is 89.5 Å². The minimum absolute atomic E-state index is 0.0771. The summed E-state index contributed by atoms with van der Waals surface area (Å²) in [5.41, 5.74) is 18.3. The fourth-order valence-electron chi connectivity index (χ4n) is 5.22. The molecule has 0 radical (unpaired) electrons. The number of aryl methyl sites for hydroxylation is 2. The molecular formula is C36H36N10O3S2. The highest BCUT2D eigenvalue weighted by Crippen LogP contribution is 2.44. The second kappa shape index (κ2) is 15.4. The van der Waals surface area contributed by atoms with Gasteiger partial charge >= 0.3 is 0 Å². The van der Waals surface area contributed by atoms with Gasteiger partial charge in [-0.3, -0.25) is 0 Å². The van der Waals surface area contributed by atoms with E-state index in [1.807, 2.05) is 93.6 Å². The van der Waals surface area contributed by atoms with Gasteiger partial charge in [-0.2, -0.15) is 29.9 Å². The maximum absolute atomic E-state index is 6.14. The second-order valence-electron chi connectivity index (χ2n) is 11.2. The Morgan fingerprint density at radius 3 is 1.51 bits per heavy atom. The average molecular weight is 721 g/mol. The third kappa shape index (κ3) is 8.00. The molecular weight excluding hydrogens is 685 g/mol. The first-order valence-electron chi connectivity index (χ1n) is 15.6. The molecule has 0 fully saturated rings. The molecule has 0 spiro atoms. The van der Waals surface area contributed by atoms with Crippen LogP contribution >= 0.6 is 21.6 Å². The molecule has 6 rings (SSSR count). The summed E-state index contributed by atoms with van der Waals surface area (Å²) >= 11 is 0. The van der Waals surface area contributed by atoms with Crippen LogP contribution in [-0.4, -0.2) is 51.2 Å². The van der Waals surface area contributed by atoms with Crippen molar-refractivity contribution >= 4 is 56.8 Å². The number of anilines is 6. The summed E-state index contributed by atoms with van der Waals surface area (Å²) in [6.07, 6.45) is 0. The topological polar surface area (TPSA) is 181 Å². The van der Waals surface area contributed by atoms with E-state index in [-0.39, 0.29) is 11.9 Å². The maximum atomic E-state index is 6.14. The molecule has 0 atom stereocenters. The first-order chi connectivity index (χ1) is 24.6. The van der Waals surface area contributed by atoms with Crippen molar-refractivity contribution in [3.8, 4) is 40.0 Å². The number of ether oxygens (including phenoxy) is 3. The zero-order valence-electron chi connectivity index (χ0n) is 28.8. The minimum Gasteiger partial charge on any atom is -0.496 e. The van der Waals surface area contributed by atoms with E-state index in [2.05, 4.69) is 40.5 Å². The lowest BCUT2D eigenvalue weighted by atomic mass is 10.0. The third-order valence-electron chi connectivity index (χ3n) is 7.81. The second-order valence-corrected chi connectivity index (χ2v) is 13.5. The number of aromatic nitrogens is 6. The quantitative estimate of drug-likeness (QED) is 0.0899. The zero-order chi connectivity index (χ0) is 36.1. The summed E-state index contributed by atoms with van der Waals surface area (Å²) in [6, 6.07) is 23.4. The average Bonchev–Trinajstić information content (AvgIpc) is 3.12. The third-order valence-corrected chi connectivity index (χ3v) is 10.3. The number of nitrogens with zero attached hydrogens (tertiary/aromatic N) is 6. The van der Waals surface area contributed by atoms with Crippen molar-refractivity contribution in [3.63, 3.8) is 0 Å². The normalized spacial score (nSPS) is 10.9. The Morgan fingerprint density at radius 1 is 0.549 bits per heavy atom. The molecule has 6 aromatic rings. The minimum atomic E-state index is 0.0771. The molecule has 260 valence electrons. The fraction of sp³-hybridized carbons (Fsp3) is 0.167. The number of nitrogen functional groups attached to an aromatic ring is 2. The van der Waals surface area contributed by atoms with Gasteiger partial charge in [-0.05, 0) is 86.0 Å². The molecule has 0 unspecified atom stereocenters. The van der Waals surface area contributed by atoms with Crippen molar-refractivity contribution < 1.29 is 14.2 Å². The Balaban J connectivity index is 1.22. The van der Waals surface area contributed by atoms with E-state index >= 15 is 0 Å². The number of hydrogen-bond acceptors (Lipinski definition) is 15. The van der Waals surface area contributed by atoms with Gasteiger partial charge in [0.1, 0.15) is 5.75 Å². The Morgan fingerprint density at radius 2 is 1.02 bits per heavy atom. The van der Waals surface area contributed by atoms with Gasteiger partial charge in [0.15, 0.2) is 23.1 Å². The van der Waals surface area contributed by atoms with E-state index in [0.29, 0.717) is 40.6 Å². The van der Waals surface area contributed by atoms with Crippen molar-refractivity contribution in [1.29, 1.82) is 0 Å². The number of benzene rings is 4. The standard InChI is InChI=1S/C36H36N10O3S2/c1-19-15-22(17-26(47-4)21(19)3)31-41-33(37)45-35(43-31)39-24-11-7-9-13-28(24)50-51-29-14-10-8-12-25(29)40-36-44-32(42-34(38)46-36)23-16-20(2)30(49-6)27(18-23)48-5/h7-18H,1-6H3,(H3,37,39,41,43,45)(H3,38,40,42,44,46). The summed E-state index contributed by atoms with van der Waals surface area (Å²) < 4.78 is 16.6. The van der Waals surface area contributed by atoms with E-state index in [4.69, 9.17) is 25.7 Å². The van der Waals surface area contributed by atoms with Crippen LogP contribution in [0.4, 0.5) is 35.2 Å². The lowest BCUT2D eigenvalue weighted by molar-refractivity contribution is 0.353. The molecule has 0 aliphatic heterocycles. The van der Waals surface area contributed by atoms with Gasteiger partial charge in [-0.1, -0.05) is 45.9 Å². The molecule has 0 aliphatic carbocycles. The number of hydrogen-bond donors (Lipinski definition) is 4. The van der Waals surface area contributed by atoms with Crippen LogP contribution in [0.2, 0.25) is 0 Å². The fourth-order valence-corrected chi connectivity index (χ4v) is 7.50. The number of rotatable bonds is 12. The first kappa shape index (κ1) is 35.0. The lowest BCUT2D eigenvalue weighted by Gasteiger charge is -2.14. The first-order valence-corrected chi connectivity index (χ1v) is 17.8. The van der Waals surface area contributed by atoms with Crippen LogP contribution < -0.4 is 36.3 Å². The number of nitrogens with one attached hydrogen (secondary N) is 2. The lowest BCUT2D eigenvalue weighted by Crippen LogP contribution is -2.06. The van der Waals surface area contributed by atoms with Crippen LogP contribution in [0.25, 0.3) is 22.8 Å². The van der Waals surface area contributed by atoms with Gasteiger partial charge in [0, 0.05) is 20.9 Å². The van der Waals surface area contributed by atoms with Crippen molar-refractivity contribution in [1.82, 2.24) is 29.9 Å². The summed E-state index contributed by atoms with van der Waals surface area (Å²) in [6.45, 7) is 5.95. The van der Waals surface area contributed by atoms with Crippen LogP contribution in [0.3, 0.4) is 0 Å². The van der Waals surface area contributed by atoms with Crippen LogP contribution in [0, 0.1) is 20.8 Å². The van der Waals surface area contributed by atoms with Crippen LogP contribution in [-0.2, 0) is 0 Å². The molecule has 2 aromatic heterocycles. The summed E-state index contributed by atoms with van der Waals surface area (Å²) in [5.74, 6) is 3.59. The molecule has 2 heterocycles. The highest BCUT2D eigenvalue weighted by atomic mass is 33.1. The van der Waals surface area contributed by atoms with Crippen molar-refractivity contribution in [2.45, 2.75) is 30.6 Å². The highest BCUT2D eigenvalue weighted by molar-refractivity contribution is 8.76. The molecule has 0 saturated heterocycles. The van der Waals surface area contributed by atoms with Crippen molar-refractivity contribution in [2.24, 2.45) is 0 Å². The Kier molecular flexibility index (Phi) is 10.6. The van der Waals surface area contributed by atoms with E-state index in [9.17, 15) is 0 Å². The number of para-hydroxylation sites is 2. The van der Waals surface area contributed by atoms with Crippen LogP contribution in [0.5, 0.6) is 17.2 Å². The maximum Gasteiger partial charge on any atom is 0.232 e. The van der Waals surface area contributed by atoms with E-state index < -0.39 is 0 Å². The summed E-state index contributed by atoms with van der Waals surface area (Å²) in [5, 5.41) is 6.66. The number of methoxy groups -OCH3 is 3. The Hall–Kier alpha value is -5.80. The molecule has 0 saturated carbocycles.